The second-order valence-corrected chi connectivity index (χ2v) is 4.38. The first-order valence-electron chi connectivity index (χ1n) is 5.68. The van der Waals surface area contributed by atoms with E-state index in [0.717, 1.165) is 16.7 Å². The molecule has 1 unspecified atom stereocenters. The number of hydrogen-bond donors (Lipinski definition) is 2. The quantitative estimate of drug-likeness (QED) is 0.801. The van der Waals surface area contributed by atoms with Crippen molar-refractivity contribution in [2.45, 2.75) is 19.6 Å². The number of allylic oxidation sites excluding steroid dienone is 1. The third-order valence-corrected chi connectivity index (χ3v) is 3.05. The first kappa shape index (κ1) is 11.0. The number of rotatable bonds is 1. The number of dihydropyridines is 1. The predicted molar refractivity (Wildman–Crippen MR) is 68.5 cm³/mol. The lowest BCUT2D eigenvalue weighted by Gasteiger charge is -2.16. The van der Waals surface area contributed by atoms with Gasteiger partial charge in [-0.25, -0.2) is 4.79 Å². The number of aromatic nitrogens is 1. The average Bonchev–Trinajstić information content (AvgIpc) is 2.68. The Balaban J connectivity index is 2.12. The van der Waals surface area contributed by atoms with Gasteiger partial charge in [-0.3, -0.25) is 9.98 Å². The number of aliphatic hydroxyl groups is 1. The fourth-order valence-electron chi connectivity index (χ4n) is 2.15. The minimum Gasteiger partial charge on any atom is -0.408 e. The number of fused-ring (bicyclic) bond motifs is 1. The Morgan fingerprint density at radius 1 is 1.50 bits per heavy atom. The van der Waals surface area contributed by atoms with Crippen molar-refractivity contribution < 1.29 is 9.52 Å². The van der Waals surface area contributed by atoms with Gasteiger partial charge in [-0.05, 0) is 30.2 Å². The van der Waals surface area contributed by atoms with Crippen molar-refractivity contribution in [1.29, 1.82) is 0 Å². The number of H-pyrrole nitrogens is 1. The summed E-state index contributed by atoms with van der Waals surface area (Å²) < 4.78 is 4.95. The van der Waals surface area contributed by atoms with Crippen LogP contribution in [0.25, 0.3) is 16.7 Å². The molecule has 2 heterocycles. The van der Waals surface area contributed by atoms with Gasteiger partial charge in [-0.2, -0.15) is 0 Å². The Labute approximate surface area is 102 Å². The number of aliphatic imine (C=N–C) groups is 1. The van der Waals surface area contributed by atoms with Crippen LogP contribution < -0.4 is 5.76 Å². The summed E-state index contributed by atoms with van der Waals surface area (Å²) in [5.74, 6) is -0.458. The van der Waals surface area contributed by atoms with Crippen molar-refractivity contribution in [2.24, 2.45) is 4.99 Å². The first-order chi connectivity index (χ1) is 8.63. The van der Waals surface area contributed by atoms with E-state index in [4.69, 9.17) is 4.42 Å². The Morgan fingerprint density at radius 2 is 2.33 bits per heavy atom. The zero-order chi connectivity index (χ0) is 12.7. The maximum atomic E-state index is 11.1. The molecule has 0 bridgehead atoms. The maximum absolute atomic E-state index is 11.1. The van der Waals surface area contributed by atoms with E-state index in [-0.39, 0.29) is 0 Å². The molecule has 1 aromatic heterocycles. The van der Waals surface area contributed by atoms with Crippen LogP contribution in [0.2, 0.25) is 0 Å². The Kier molecular flexibility index (Phi) is 2.41. The predicted octanol–water partition coefficient (Wildman–Crippen LogP) is 1.69. The van der Waals surface area contributed by atoms with E-state index >= 15 is 0 Å². The van der Waals surface area contributed by atoms with Gasteiger partial charge >= 0.3 is 5.76 Å². The van der Waals surface area contributed by atoms with Crippen molar-refractivity contribution in [3.05, 3.63) is 39.9 Å². The van der Waals surface area contributed by atoms with Crippen LogP contribution in [0.5, 0.6) is 0 Å². The van der Waals surface area contributed by atoms with Crippen LogP contribution in [0.1, 0.15) is 18.9 Å². The summed E-state index contributed by atoms with van der Waals surface area (Å²) >= 11 is 0. The highest BCUT2D eigenvalue weighted by Gasteiger charge is 2.14. The van der Waals surface area contributed by atoms with Crippen molar-refractivity contribution in [3.8, 4) is 0 Å². The zero-order valence-electron chi connectivity index (χ0n) is 9.80. The summed E-state index contributed by atoms with van der Waals surface area (Å²) in [7, 11) is 0. The van der Waals surface area contributed by atoms with Crippen LogP contribution in [0, 0.1) is 0 Å². The molecule has 2 aromatic rings. The SMILES string of the molecule is CC1=C(c2ccc3oc(=O)[nH]c3c2)C=NC(O)C1. The van der Waals surface area contributed by atoms with Gasteiger partial charge in [0.2, 0.25) is 0 Å². The van der Waals surface area contributed by atoms with Crippen molar-refractivity contribution in [2.75, 3.05) is 0 Å². The topological polar surface area (TPSA) is 78.6 Å². The molecular weight excluding hydrogens is 232 g/mol. The zero-order valence-corrected chi connectivity index (χ0v) is 9.80. The molecule has 5 nitrogen and oxygen atoms in total. The standard InChI is InChI=1S/C13H12N2O3/c1-7-4-12(16)14-6-9(7)8-2-3-11-10(5-8)15-13(17)18-11/h2-3,5-6,12,16H,4H2,1H3,(H,15,17). The van der Waals surface area contributed by atoms with Gasteiger partial charge in [-0.1, -0.05) is 11.6 Å². The molecule has 3 rings (SSSR count). The molecule has 5 heteroatoms. The van der Waals surface area contributed by atoms with Crippen molar-refractivity contribution >= 4 is 22.9 Å². The second kappa shape index (κ2) is 3.96. The molecule has 1 atom stereocenters. The summed E-state index contributed by atoms with van der Waals surface area (Å²) in [5, 5.41) is 9.42. The van der Waals surface area contributed by atoms with Crippen molar-refractivity contribution in [1.82, 2.24) is 4.98 Å². The second-order valence-electron chi connectivity index (χ2n) is 4.38. The van der Waals surface area contributed by atoms with Crippen LogP contribution in [0.3, 0.4) is 0 Å². The molecule has 0 fully saturated rings. The van der Waals surface area contributed by atoms with Gasteiger partial charge in [0.25, 0.3) is 0 Å². The van der Waals surface area contributed by atoms with E-state index in [1.165, 1.54) is 0 Å². The summed E-state index contributed by atoms with van der Waals surface area (Å²) in [6, 6.07) is 5.48. The minimum absolute atomic E-state index is 0.458. The van der Waals surface area contributed by atoms with Crippen LogP contribution >= 0.6 is 0 Å². The Hall–Kier alpha value is -2.14. The Morgan fingerprint density at radius 3 is 3.11 bits per heavy atom. The van der Waals surface area contributed by atoms with Crippen LogP contribution in [0.15, 0.2) is 38.0 Å². The van der Waals surface area contributed by atoms with Crippen LogP contribution in [-0.2, 0) is 0 Å². The van der Waals surface area contributed by atoms with Gasteiger partial charge in [0, 0.05) is 12.6 Å². The van der Waals surface area contributed by atoms with Gasteiger partial charge in [0.05, 0.1) is 5.52 Å². The fraction of sp³-hybridized carbons (Fsp3) is 0.231. The van der Waals surface area contributed by atoms with E-state index in [9.17, 15) is 9.90 Å². The molecule has 2 N–H and O–H groups in total. The number of aromatic amines is 1. The average molecular weight is 244 g/mol. The van der Waals surface area contributed by atoms with Gasteiger partial charge in [0.1, 0.15) is 6.23 Å². The normalized spacial score (nSPS) is 19.8. The molecule has 0 spiro atoms. The summed E-state index contributed by atoms with van der Waals surface area (Å²) in [6.45, 7) is 1.96. The third kappa shape index (κ3) is 1.78. The number of nitrogens with one attached hydrogen (secondary N) is 1. The van der Waals surface area contributed by atoms with E-state index in [2.05, 4.69) is 9.98 Å². The highest BCUT2D eigenvalue weighted by atomic mass is 16.4. The number of benzene rings is 1. The highest BCUT2D eigenvalue weighted by molar-refractivity contribution is 6.12. The van der Waals surface area contributed by atoms with Gasteiger partial charge in [0.15, 0.2) is 5.58 Å². The first-order valence-corrected chi connectivity index (χ1v) is 5.68. The molecular formula is C13H12N2O3. The summed E-state index contributed by atoms with van der Waals surface area (Å²) in [4.78, 5) is 17.7. The molecule has 18 heavy (non-hydrogen) atoms. The lowest BCUT2D eigenvalue weighted by Crippen LogP contribution is -2.10. The molecule has 0 aliphatic carbocycles. The summed E-state index contributed by atoms with van der Waals surface area (Å²) in [5.41, 5.74) is 4.20. The van der Waals surface area contributed by atoms with E-state index in [1.807, 2.05) is 19.1 Å². The van der Waals surface area contributed by atoms with E-state index in [0.29, 0.717) is 17.5 Å². The van der Waals surface area contributed by atoms with Gasteiger partial charge in [-0.15, -0.1) is 0 Å². The molecule has 0 amide bonds. The van der Waals surface area contributed by atoms with Crippen LogP contribution in [0.4, 0.5) is 0 Å². The van der Waals surface area contributed by atoms with Gasteiger partial charge < -0.3 is 9.52 Å². The van der Waals surface area contributed by atoms with E-state index < -0.39 is 12.0 Å². The lowest BCUT2D eigenvalue weighted by molar-refractivity contribution is 0.185. The van der Waals surface area contributed by atoms with E-state index in [1.54, 1.807) is 12.3 Å². The Bertz CT molecular complexity index is 721. The molecule has 0 radical (unpaired) electrons. The molecule has 0 saturated heterocycles. The largest absolute Gasteiger partial charge is 0.417 e. The van der Waals surface area contributed by atoms with Crippen LogP contribution in [-0.4, -0.2) is 22.5 Å². The lowest BCUT2D eigenvalue weighted by atomic mass is 9.97. The minimum atomic E-state index is -0.647. The summed E-state index contributed by atoms with van der Waals surface area (Å²) in [6.07, 6.45) is 1.56. The molecule has 1 aliphatic rings. The highest BCUT2D eigenvalue weighted by Crippen LogP contribution is 2.26. The number of aliphatic hydroxyl groups excluding tert-OH is 1. The number of nitrogens with zero attached hydrogens (tertiary/aromatic N) is 1. The number of oxazole rings is 1. The molecule has 1 aromatic carbocycles. The maximum Gasteiger partial charge on any atom is 0.417 e. The third-order valence-electron chi connectivity index (χ3n) is 3.05. The smallest absolute Gasteiger partial charge is 0.408 e. The number of hydrogen-bond acceptors (Lipinski definition) is 4. The van der Waals surface area contributed by atoms with Crippen molar-refractivity contribution in [3.63, 3.8) is 0 Å². The molecule has 1 aliphatic heterocycles. The molecule has 0 saturated carbocycles. The fourth-order valence-corrected chi connectivity index (χ4v) is 2.15. The monoisotopic (exact) mass is 244 g/mol. The molecule has 92 valence electrons.